The molecule has 4 nitrogen and oxygen atoms in total. The van der Waals surface area contributed by atoms with Crippen molar-refractivity contribution in [3.05, 3.63) is 78.1 Å². The Kier molecular flexibility index (Phi) is 3.94. The van der Waals surface area contributed by atoms with Gasteiger partial charge in [-0.05, 0) is 35.4 Å². The van der Waals surface area contributed by atoms with Crippen LogP contribution in [0.3, 0.4) is 0 Å². The summed E-state index contributed by atoms with van der Waals surface area (Å²) < 4.78 is 2.19. The topological polar surface area (TPSA) is 46.9 Å². The van der Waals surface area contributed by atoms with E-state index in [1.807, 2.05) is 25.1 Å². The predicted molar refractivity (Wildman–Crippen MR) is 100 cm³/mol. The van der Waals surface area contributed by atoms with E-state index in [1.165, 1.54) is 16.3 Å². The molecule has 1 N–H and O–H groups in total. The minimum atomic E-state index is -0.153. The maximum absolute atomic E-state index is 10.9. The van der Waals surface area contributed by atoms with Crippen LogP contribution < -0.4 is 5.32 Å². The lowest BCUT2D eigenvalue weighted by Gasteiger charge is -2.15. The molecule has 0 fully saturated rings. The summed E-state index contributed by atoms with van der Waals surface area (Å²) in [4.78, 5) is 15.6. The molecule has 0 unspecified atom stereocenters. The number of amides is 1. The number of carbonyl (C=O) groups excluding carboxylic acids is 1. The summed E-state index contributed by atoms with van der Waals surface area (Å²) in [5.41, 5.74) is 3.25. The summed E-state index contributed by atoms with van der Waals surface area (Å²) in [5.74, 6) is 0.862. The number of rotatable bonds is 5. The fourth-order valence-electron chi connectivity index (χ4n) is 3.37. The molecule has 1 amide bonds. The van der Waals surface area contributed by atoms with Gasteiger partial charge in [0.1, 0.15) is 5.82 Å². The molecule has 0 saturated carbocycles. The Bertz CT molecular complexity index is 1050. The van der Waals surface area contributed by atoms with Crippen LogP contribution in [0.2, 0.25) is 0 Å². The van der Waals surface area contributed by atoms with Crippen LogP contribution in [0.1, 0.15) is 24.4 Å². The van der Waals surface area contributed by atoms with Crippen molar-refractivity contribution in [2.45, 2.75) is 19.5 Å². The fraction of sp³-hybridized carbons (Fsp3) is 0.143. The molecule has 0 bridgehead atoms. The van der Waals surface area contributed by atoms with E-state index in [1.54, 1.807) is 0 Å². The van der Waals surface area contributed by atoms with E-state index in [9.17, 15) is 4.79 Å². The Balaban J connectivity index is 1.87. The van der Waals surface area contributed by atoms with Crippen molar-refractivity contribution in [2.75, 3.05) is 0 Å². The number of hydrogen-bond acceptors (Lipinski definition) is 2. The third kappa shape index (κ3) is 2.76. The molecule has 0 aliphatic heterocycles. The van der Waals surface area contributed by atoms with Gasteiger partial charge in [-0.1, -0.05) is 54.6 Å². The van der Waals surface area contributed by atoms with Crippen LogP contribution in [0.15, 0.2) is 66.7 Å². The van der Waals surface area contributed by atoms with Crippen LogP contribution >= 0.6 is 0 Å². The number of aromatic nitrogens is 2. The Hall–Kier alpha value is -3.14. The zero-order chi connectivity index (χ0) is 17.2. The molecule has 0 radical (unpaired) electrons. The highest BCUT2D eigenvalue weighted by Crippen LogP contribution is 2.25. The zero-order valence-electron chi connectivity index (χ0n) is 14.0. The van der Waals surface area contributed by atoms with Crippen molar-refractivity contribution in [3.63, 3.8) is 0 Å². The number of carbonyl (C=O) groups is 1. The van der Waals surface area contributed by atoms with Gasteiger partial charge in [-0.3, -0.25) is 4.79 Å². The first kappa shape index (κ1) is 15.4. The molecule has 1 aromatic heterocycles. The van der Waals surface area contributed by atoms with Gasteiger partial charge in [0.2, 0.25) is 6.41 Å². The average Bonchev–Trinajstić information content (AvgIpc) is 3.01. The number of benzene rings is 3. The van der Waals surface area contributed by atoms with E-state index in [-0.39, 0.29) is 6.04 Å². The van der Waals surface area contributed by atoms with Crippen LogP contribution in [0.25, 0.3) is 21.8 Å². The van der Waals surface area contributed by atoms with Gasteiger partial charge in [-0.2, -0.15) is 0 Å². The quantitative estimate of drug-likeness (QED) is 0.562. The van der Waals surface area contributed by atoms with Crippen LogP contribution in [-0.2, 0) is 11.3 Å². The van der Waals surface area contributed by atoms with Crippen LogP contribution in [0.4, 0.5) is 0 Å². The summed E-state index contributed by atoms with van der Waals surface area (Å²) in [5, 5.41) is 5.29. The maximum Gasteiger partial charge on any atom is 0.207 e. The molecule has 3 aromatic carbocycles. The molecule has 25 heavy (non-hydrogen) atoms. The normalized spacial score (nSPS) is 12.4. The van der Waals surface area contributed by atoms with Crippen molar-refractivity contribution < 1.29 is 4.79 Å². The standard InChI is InChI=1S/C21H19N3O/c1-15(22-14-25)21-23-19-11-4-5-12-20(19)24(21)13-17-9-6-8-16-7-2-3-10-18(16)17/h2-12,14-15H,13H2,1H3,(H,22,25)/t15-/m1/s1. The molecule has 1 heterocycles. The van der Waals surface area contributed by atoms with E-state index >= 15 is 0 Å². The number of fused-ring (bicyclic) bond motifs is 2. The molecule has 0 aliphatic rings. The van der Waals surface area contributed by atoms with Gasteiger partial charge >= 0.3 is 0 Å². The summed E-state index contributed by atoms with van der Waals surface area (Å²) >= 11 is 0. The van der Waals surface area contributed by atoms with Crippen molar-refractivity contribution in [1.82, 2.24) is 14.9 Å². The van der Waals surface area contributed by atoms with E-state index in [0.717, 1.165) is 23.3 Å². The Morgan fingerprint density at radius 2 is 1.80 bits per heavy atom. The molecule has 4 heteroatoms. The van der Waals surface area contributed by atoms with Crippen molar-refractivity contribution in [1.29, 1.82) is 0 Å². The molecule has 1 atom stereocenters. The van der Waals surface area contributed by atoms with Gasteiger partial charge in [-0.15, -0.1) is 0 Å². The van der Waals surface area contributed by atoms with Gasteiger partial charge < -0.3 is 9.88 Å². The lowest BCUT2D eigenvalue weighted by molar-refractivity contribution is -0.110. The highest BCUT2D eigenvalue weighted by atomic mass is 16.1. The van der Waals surface area contributed by atoms with Gasteiger partial charge in [0.05, 0.1) is 23.6 Å². The number of nitrogens with one attached hydrogen (secondary N) is 1. The second-order valence-corrected chi connectivity index (χ2v) is 6.19. The molecule has 0 saturated heterocycles. The number of nitrogens with zero attached hydrogens (tertiary/aromatic N) is 2. The second kappa shape index (κ2) is 6.40. The Morgan fingerprint density at radius 3 is 2.68 bits per heavy atom. The molecular weight excluding hydrogens is 310 g/mol. The van der Waals surface area contributed by atoms with E-state index < -0.39 is 0 Å². The minimum absolute atomic E-state index is 0.153. The molecular formula is C21H19N3O. The summed E-state index contributed by atoms with van der Waals surface area (Å²) in [6, 6.07) is 22.7. The van der Waals surface area contributed by atoms with Crippen molar-refractivity contribution in [3.8, 4) is 0 Å². The van der Waals surface area contributed by atoms with E-state index in [4.69, 9.17) is 4.98 Å². The summed E-state index contributed by atoms with van der Waals surface area (Å²) in [6.45, 7) is 2.66. The smallest absolute Gasteiger partial charge is 0.207 e. The first-order valence-electron chi connectivity index (χ1n) is 8.39. The number of imidazole rings is 1. The lowest BCUT2D eigenvalue weighted by Crippen LogP contribution is -2.20. The Morgan fingerprint density at radius 1 is 1.04 bits per heavy atom. The molecule has 4 aromatic rings. The highest BCUT2D eigenvalue weighted by molar-refractivity contribution is 5.86. The number of hydrogen-bond donors (Lipinski definition) is 1. The Labute approximate surface area is 146 Å². The summed E-state index contributed by atoms with van der Waals surface area (Å²) in [7, 11) is 0. The lowest BCUT2D eigenvalue weighted by atomic mass is 10.0. The minimum Gasteiger partial charge on any atom is -0.349 e. The van der Waals surface area contributed by atoms with Crippen LogP contribution in [0, 0.1) is 0 Å². The highest BCUT2D eigenvalue weighted by Gasteiger charge is 2.16. The largest absolute Gasteiger partial charge is 0.349 e. The number of para-hydroxylation sites is 2. The monoisotopic (exact) mass is 329 g/mol. The first-order chi connectivity index (χ1) is 12.3. The van der Waals surface area contributed by atoms with E-state index in [2.05, 4.69) is 58.4 Å². The second-order valence-electron chi connectivity index (χ2n) is 6.19. The SMILES string of the molecule is C[C@@H](NC=O)c1nc2ccccc2n1Cc1cccc2ccccc12. The van der Waals surface area contributed by atoms with Crippen molar-refractivity contribution in [2.24, 2.45) is 0 Å². The third-order valence-electron chi connectivity index (χ3n) is 4.60. The predicted octanol–water partition coefficient (Wildman–Crippen LogP) is 4.04. The van der Waals surface area contributed by atoms with Crippen molar-refractivity contribution >= 4 is 28.2 Å². The average molecular weight is 329 g/mol. The molecule has 0 spiro atoms. The van der Waals surface area contributed by atoms with Crippen LogP contribution in [0.5, 0.6) is 0 Å². The molecule has 0 aliphatic carbocycles. The third-order valence-corrected chi connectivity index (χ3v) is 4.60. The maximum atomic E-state index is 10.9. The van der Waals surface area contributed by atoms with E-state index in [0.29, 0.717) is 6.54 Å². The first-order valence-corrected chi connectivity index (χ1v) is 8.39. The van der Waals surface area contributed by atoms with Gasteiger partial charge in [-0.25, -0.2) is 4.98 Å². The summed E-state index contributed by atoms with van der Waals surface area (Å²) in [6.07, 6.45) is 0.728. The van der Waals surface area contributed by atoms with Crippen LogP contribution in [-0.4, -0.2) is 16.0 Å². The van der Waals surface area contributed by atoms with Gasteiger partial charge in [0.25, 0.3) is 0 Å². The fourth-order valence-corrected chi connectivity index (χ4v) is 3.37. The van der Waals surface area contributed by atoms with Gasteiger partial charge in [0, 0.05) is 0 Å². The zero-order valence-corrected chi connectivity index (χ0v) is 14.0. The molecule has 4 rings (SSSR count). The van der Waals surface area contributed by atoms with Gasteiger partial charge in [0.15, 0.2) is 0 Å². The molecule has 124 valence electrons.